The van der Waals surface area contributed by atoms with Gasteiger partial charge in [-0.15, -0.1) is 0 Å². The first-order valence-electron chi connectivity index (χ1n) is 9.53. The molecule has 1 aliphatic rings. The summed E-state index contributed by atoms with van der Waals surface area (Å²) in [5.74, 6) is 0.496. The number of sulfonamides is 1. The Morgan fingerprint density at radius 3 is 2.43 bits per heavy atom. The van der Waals surface area contributed by atoms with E-state index in [1.165, 1.54) is 24.3 Å². The van der Waals surface area contributed by atoms with Crippen molar-refractivity contribution in [2.45, 2.75) is 38.0 Å². The van der Waals surface area contributed by atoms with Crippen LogP contribution in [0.2, 0.25) is 0 Å². The highest BCUT2D eigenvalue weighted by molar-refractivity contribution is 7.89. The van der Waals surface area contributed by atoms with Crippen LogP contribution in [-0.2, 0) is 17.1 Å². The first-order valence-corrected chi connectivity index (χ1v) is 11.0. The van der Waals surface area contributed by atoms with E-state index in [9.17, 15) is 13.2 Å². The van der Waals surface area contributed by atoms with Crippen LogP contribution in [0.3, 0.4) is 0 Å². The quantitative estimate of drug-likeness (QED) is 0.737. The van der Waals surface area contributed by atoms with Crippen LogP contribution in [0.15, 0.2) is 29.2 Å². The number of aromatic nitrogens is 2. The lowest BCUT2D eigenvalue weighted by atomic mass is 10.2. The van der Waals surface area contributed by atoms with E-state index in [2.05, 4.69) is 20.0 Å². The van der Waals surface area contributed by atoms with Crippen molar-refractivity contribution in [1.29, 1.82) is 0 Å². The van der Waals surface area contributed by atoms with Crippen molar-refractivity contribution in [3.63, 3.8) is 0 Å². The normalized spacial score (nSPS) is 14.5. The lowest BCUT2D eigenvalue weighted by Crippen LogP contribution is -2.24. The van der Waals surface area contributed by atoms with Crippen LogP contribution < -0.4 is 14.9 Å². The number of nitrogens with zero attached hydrogens (tertiary/aromatic N) is 3. The van der Waals surface area contributed by atoms with Crippen LogP contribution in [0.1, 0.15) is 42.2 Å². The zero-order chi connectivity index (χ0) is 20.3. The highest BCUT2D eigenvalue weighted by Crippen LogP contribution is 2.31. The highest BCUT2D eigenvalue weighted by atomic mass is 32.2. The van der Waals surface area contributed by atoms with Crippen LogP contribution >= 0.6 is 0 Å². The lowest BCUT2D eigenvalue weighted by molar-refractivity contribution is 0.102. The summed E-state index contributed by atoms with van der Waals surface area (Å²) in [7, 11) is -1.69. The molecule has 0 saturated carbocycles. The van der Waals surface area contributed by atoms with Gasteiger partial charge in [0.25, 0.3) is 5.91 Å². The number of carbonyl (C=O) groups is 1. The van der Waals surface area contributed by atoms with E-state index in [1.807, 2.05) is 20.9 Å². The fourth-order valence-corrected chi connectivity index (χ4v) is 4.31. The lowest BCUT2D eigenvalue weighted by Gasteiger charge is -2.16. The number of hydrogen-bond acceptors (Lipinski definition) is 5. The molecule has 28 heavy (non-hydrogen) atoms. The molecule has 1 aliphatic heterocycles. The summed E-state index contributed by atoms with van der Waals surface area (Å²) >= 11 is 0. The number of amides is 1. The van der Waals surface area contributed by atoms with Gasteiger partial charge < -0.3 is 10.2 Å². The Morgan fingerprint density at radius 2 is 1.82 bits per heavy atom. The van der Waals surface area contributed by atoms with Crippen molar-refractivity contribution in [3.05, 3.63) is 35.5 Å². The fourth-order valence-electron chi connectivity index (χ4n) is 3.18. The number of aryl methyl sites for hydroxylation is 1. The van der Waals surface area contributed by atoms with E-state index in [0.29, 0.717) is 24.2 Å². The van der Waals surface area contributed by atoms with Crippen LogP contribution in [-0.4, -0.2) is 43.7 Å². The molecule has 2 heterocycles. The molecule has 0 spiro atoms. The molecule has 9 heteroatoms. The van der Waals surface area contributed by atoms with Gasteiger partial charge >= 0.3 is 0 Å². The summed E-state index contributed by atoms with van der Waals surface area (Å²) in [5, 5.41) is 7.51. The predicted molar refractivity (Wildman–Crippen MR) is 109 cm³/mol. The van der Waals surface area contributed by atoms with Gasteiger partial charge in [-0.1, -0.05) is 6.92 Å². The molecule has 0 bridgehead atoms. The number of carbonyl (C=O) groups excluding carboxylic acids is 1. The second-order valence-corrected chi connectivity index (χ2v) is 8.75. The van der Waals surface area contributed by atoms with Gasteiger partial charge in [-0.05, 0) is 50.5 Å². The summed E-state index contributed by atoms with van der Waals surface area (Å²) in [6.45, 7) is 6.04. The average molecular weight is 406 g/mol. The number of rotatable bonds is 7. The van der Waals surface area contributed by atoms with Crippen LogP contribution in [0.5, 0.6) is 0 Å². The number of anilines is 2. The summed E-state index contributed by atoms with van der Waals surface area (Å²) in [5.41, 5.74) is 1.97. The standard InChI is InChI=1S/C19H27N5O3S/c1-4-11-20-28(26,27)16-9-7-15(8-10-16)19(25)21-17-14(2)23(3)22-18(17)24-12-5-6-13-24/h7-10,20H,4-6,11-13H2,1-3H3,(H,21,25). The molecule has 0 unspecified atom stereocenters. The summed E-state index contributed by atoms with van der Waals surface area (Å²) in [4.78, 5) is 15.1. The Kier molecular flexibility index (Phi) is 6.04. The van der Waals surface area contributed by atoms with Gasteiger partial charge in [0.05, 0.1) is 10.6 Å². The monoisotopic (exact) mass is 405 g/mol. The zero-order valence-electron chi connectivity index (χ0n) is 16.5. The van der Waals surface area contributed by atoms with Crippen molar-refractivity contribution in [3.8, 4) is 0 Å². The molecule has 1 saturated heterocycles. The Hall–Kier alpha value is -2.39. The Balaban J connectivity index is 1.79. The number of nitrogens with one attached hydrogen (secondary N) is 2. The third kappa shape index (κ3) is 4.20. The minimum absolute atomic E-state index is 0.146. The molecule has 2 aromatic rings. The van der Waals surface area contributed by atoms with Gasteiger partial charge in [0, 0.05) is 32.2 Å². The van der Waals surface area contributed by atoms with Gasteiger partial charge in [-0.25, -0.2) is 13.1 Å². The third-order valence-electron chi connectivity index (χ3n) is 4.93. The highest BCUT2D eigenvalue weighted by Gasteiger charge is 2.23. The predicted octanol–water partition coefficient (Wildman–Crippen LogP) is 2.27. The van der Waals surface area contributed by atoms with Gasteiger partial charge in [0.1, 0.15) is 5.69 Å². The maximum Gasteiger partial charge on any atom is 0.255 e. The maximum absolute atomic E-state index is 12.7. The molecule has 152 valence electrons. The van der Waals surface area contributed by atoms with Crippen molar-refractivity contribution in [1.82, 2.24) is 14.5 Å². The minimum Gasteiger partial charge on any atom is -0.353 e. The molecule has 1 aromatic carbocycles. The summed E-state index contributed by atoms with van der Waals surface area (Å²) in [6.07, 6.45) is 2.94. The van der Waals surface area contributed by atoms with Gasteiger partial charge in [-0.2, -0.15) is 5.10 Å². The summed E-state index contributed by atoms with van der Waals surface area (Å²) in [6, 6.07) is 5.95. The van der Waals surface area contributed by atoms with Crippen LogP contribution in [0.25, 0.3) is 0 Å². The molecule has 0 radical (unpaired) electrons. The van der Waals surface area contributed by atoms with E-state index in [1.54, 1.807) is 4.68 Å². The Labute approximate surface area is 166 Å². The molecule has 1 fully saturated rings. The second kappa shape index (κ2) is 8.32. The average Bonchev–Trinajstić information content (AvgIpc) is 3.31. The second-order valence-electron chi connectivity index (χ2n) is 6.98. The molecule has 8 nitrogen and oxygen atoms in total. The molecule has 1 amide bonds. The third-order valence-corrected chi connectivity index (χ3v) is 6.41. The van der Waals surface area contributed by atoms with Crippen LogP contribution in [0, 0.1) is 6.92 Å². The van der Waals surface area contributed by atoms with Gasteiger partial charge in [0.2, 0.25) is 10.0 Å². The van der Waals surface area contributed by atoms with Crippen molar-refractivity contribution in [2.24, 2.45) is 7.05 Å². The largest absolute Gasteiger partial charge is 0.353 e. The molecule has 0 atom stereocenters. The molecular formula is C19H27N5O3S. The topological polar surface area (TPSA) is 96.3 Å². The van der Waals surface area contributed by atoms with E-state index in [-0.39, 0.29) is 10.8 Å². The van der Waals surface area contributed by atoms with Gasteiger partial charge in [-0.3, -0.25) is 9.48 Å². The first-order chi connectivity index (χ1) is 13.3. The molecule has 0 aliphatic carbocycles. The first kappa shape index (κ1) is 20.3. The fraction of sp³-hybridized carbons (Fsp3) is 0.474. The number of hydrogen-bond donors (Lipinski definition) is 2. The molecule has 1 aromatic heterocycles. The van der Waals surface area contributed by atoms with Crippen molar-refractivity contribution in [2.75, 3.05) is 29.9 Å². The smallest absolute Gasteiger partial charge is 0.255 e. The van der Waals surface area contributed by atoms with E-state index in [4.69, 9.17) is 0 Å². The number of benzene rings is 1. The van der Waals surface area contributed by atoms with E-state index >= 15 is 0 Å². The van der Waals surface area contributed by atoms with Crippen LogP contribution in [0.4, 0.5) is 11.5 Å². The zero-order valence-corrected chi connectivity index (χ0v) is 17.3. The minimum atomic E-state index is -3.55. The SMILES string of the molecule is CCCNS(=O)(=O)c1ccc(C(=O)Nc2c(N3CCCC3)nn(C)c2C)cc1. The molecule has 2 N–H and O–H groups in total. The van der Waals surface area contributed by atoms with Crippen molar-refractivity contribution >= 4 is 27.4 Å². The van der Waals surface area contributed by atoms with E-state index < -0.39 is 10.0 Å². The molecule has 3 rings (SSSR count). The van der Waals surface area contributed by atoms with E-state index in [0.717, 1.165) is 37.4 Å². The Bertz CT molecular complexity index is 945. The summed E-state index contributed by atoms with van der Waals surface area (Å²) < 4.78 is 28.6. The van der Waals surface area contributed by atoms with Gasteiger partial charge in [0.15, 0.2) is 5.82 Å². The molecular weight excluding hydrogens is 378 g/mol. The maximum atomic E-state index is 12.7. The van der Waals surface area contributed by atoms with Crippen molar-refractivity contribution < 1.29 is 13.2 Å². The Morgan fingerprint density at radius 1 is 1.18 bits per heavy atom.